The van der Waals surface area contributed by atoms with Crippen molar-refractivity contribution in [2.75, 3.05) is 45.2 Å². The molecule has 1 aliphatic rings. The van der Waals surface area contributed by atoms with Crippen LogP contribution in [0.3, 0.4) is 0 Å². The Balaban J connectivity index is 1.46. The molecule has 7 heteroatoms. The van der Waals surface area contributed by atoms with E-state index in [2.05, 4.69) is 39.0 Å². The van der Waals surface area contributed by atoms with Crippen LogP contribution in [0.5, 0.6) is 5.75 Å². The summed E-state index contributed by atoms with van der Waals surface area (Å²) < 4.78 is 7.89. The molecule has 2 aromatic heterocycles. The van der Waals surface area contributed by atoms with E-state index in [4.69, 9.17) is 9.72 Å². The van der Waals surface area contributed by atoms with E-state index in [1.807, 2.05) is 56.2 Å². The molecule has 4 aromatic rings. The highest BCUT2D eigenvalue weighted by Gasteiger charge is 2.28. The van der Waals surface area contributed by atoms with Crippen molar-refractivity contribution in [2.45, 2.75) is 25.4 Å². The maximum absolute atomic E-state index is 10.4. The van der Waals surface area contributed by atoms with Gasteiger partial charge in [-0.1, -0.05) is 12.1 Å². The normalized spacial score (nSPS) is 16.1. The first-order chi connectivity index (χ1) is 15.9. The Hall–Kier alpha value is -3.16. The minimum absolute atomic E-state index is 0.579. The molecule has 0 amide bonds. The number of piperidine rings is 1. The SMILES string of the molecule is CN(C)CCOc1ccc2c(c1)ncn2-c1ccc2cccc(N3CCC(C)(O)CC3)c2n1. The minimum Gasteiger partial charge on any atom is -0.492 e. The van der Waals surface area contributed by atoms with E-state index in [0.29, 0.717) is 6.61 Å². The second-order valence-corrected chi connectivity index (χ2v) is 9.42. The molecule has 0 unspecified atom stereocenters. The number of nitrogens with zero attached hydrogens (tertiary/aromatic N) is 5. The minimum atomic E-state index is -0.579. The number of pyridine rings is 1. The molecular weight excluding hydrogens is 414 g/mol. The molecule has 0 radical (unpaired) electrons. The Kier molecular flexibility index (Phi) is 5.68. The van der Waals surface area contributed by atoms with E-state index in [0.717, 1.165) is 71.7 Å². The van der Waals surface area contributed by atoms with Gasteiger partial charge in [-0.3, -0.25) is 4.57 Å². The molecule has 0 saturated carbocycles. The van der Waals surface area contributed by atoms with Crippen molar-refractivity contribution in [1.29, 1.82) is 0 Å². The van der Waals surface area contributed by atoms with Crippen molar-refractivity contribution in [3.63, 3.8) is 0 Å². The van der Waals surface area contributed by atoms with Crippen LogP contribution >= 0.6 is 0 Å². The highest BCUT2D eigenvalue weighted by Crippen LogP contribution is 2.31. The average molecular weight is 446 g/mol. The first-order valence-corrected chi connectivity index (χ1v) is 11.5. The molecule has 3 heterocycles. The molecule has 7 nitrogen and oxygen atoms in total. The van der Waals surface area contributed by atoms with Crippen molar-refractivity contribution in [2.24, 2.45) is 0 Å². The number of aliphatic hydroxyl groups is 1. The van der Waals surface area contributed by atoms with Gasteiger partial charge in [0.25, 0.3) is 0 Å². The summed E-state index contributed by atoms with van der Waals surface area (Å²) in [6.07, 6.45) is 3.34. The molecule has 0 bridgehead atoms. The standard InChI is InChI=1S/C26H31N5O2/c1-26(32)11-13-30(14-12-26)23-6-4-5-19-7-10-24(28-25(19)23)31-18-27-21-17-20(8-9-22(21)31)33-16-15-29(2)3/h4-10,17-18,32H,11-16H2,1-3H3. The summed E-state index contributed by atoms with van der Waals surface area (Å²) in [7, 11) is 4.07. The third kappa shape index (κ3) is 4.51. The largest absolute Gasteiger partial charge is 0.492 e. The van der Waals surface area contributed by atoms with Gasteiger partial charge in [0.05, 0.1) is 27.8 Å². The highest BCUT2D eigenvalue weighted by atomic mass is 16.5. The maximum atomic E-state index is 10.4. The highest BCUT2D eigenvalue weighted by molar-refractivity contribution is 5.92. The fourth-order valence-corrected chi connectivity index (χ4v) is 4.35. The third-order valence-electron chi connectivity index (χ3n) is 6.44. The zero-order valence-electron chi connectivity index (χ0n) is 19.5. The summed E-state index contributed by atoms with van der Waals surface area (Å²) in [5.41, 5.74) is 3.39. The van der Waals surface area contributed by atoms with Gasteiger partial charge in [0.2, 0.25) is 0 Å². The molecule has 1 fully saturated rings. The molecular formula is C26H31N5O2. The zero-order chi connectivity index (χ0) is 23.0. The zero-order valence-corrected chi connectivity index (χ0v) is 19.5. The van der Waals surface area contributed by atoms with Gasteiger partial charge < -0.3 is 19.6 Å². The number of para-hydroxylation sites is 1. The number of hydrogen-bond acceptors (Lipinski definition) is 6. The third-order valence-corrected chi connectivity index (χ3v) is 6.44. The predicted octanol–water partition coefficient (Wildman–Crippen LogP) is 3.87. The summed E-state index contributed by atoms with van der Waals surface area (Å²) in [4.78, 5) is 14.1. The number of aromatic nitrogens is 3. The Bertz CT molecular complexity index is 1270. The van der Waals surface area contributed by atoms with Gasteiger partial charge >= 0.3 is 0 Å². The van der Waals surface area contributed by atoms with Gasteiger partial charge in [-0.25, -0.2) is 9.97 Å². The Morgan fingerprint density at radius 1 is 1.09 bits per heavy atom. The van der Waals surface area contributed by atoms with Gasteiger partial charge in [-0.05, 0) is 64.2 Å². The first-order valence-electron chi connectivity index (χ1n) is 11.5. The van der Waals surface area contributed by atoms with Crippen LogP contribution in [0.4, 0.5) is 5.69 Å². The topological polar surface area (TPSA) is 66.7 Å². The van der Waals surface area contributed by atoms with E-state index >= 15 is 0 Å². The predicted molar refractivity (Wildman–Crippen MR) is 132 cm³/mol. The van der Waals surface area contributed by atoms with Gasteiger partial charge in [0.15, 0.2) is 0 Å². The summed E-state index contributed by atoms with van der Waals surface area (Å²) >= 11 is 0. The first kappa shape index (κ1) is 21.7. The molecule has 33 heavy (non-hydrogen) atoms. The van der Waals surface area contributed by atoms with Crippen molar-refractivity contribution in [1.82, 2.24) is 19.4 Å². The van der Waals surface area contributed by atoms with Crippen molar-refractivity contribution < 1.29 is 9.84 Å². The number of benzene rings is 2. The van der Waals surface area contributed by atoms with Crippen LogP contribution < -0.4 is 9.64 Å². The van der Waals surface area contributed by atoms with Gasteiger partial charge in [-0.15, -0.1) is 0 Å². The molecule has 2 aromatic carbocycles. The van der Waals surface area contributed by atoms with Crippen LogP contribution in [-0.4, -0.2) is 70.5 Å². The monoisotopic (exact) mass is 445 g/mol. The molecule has 0 spiro atoms. The van der Waals surface area contributed by atoms with Crippen molar-refractivity contribution in [3.05, 3.63) is 54.9 Å². The Labute approximate surface area is 194 Å². The van der Waals surface area contributed by atoms with Gasteiger partial charge in [-0.2, -0.15) is 0 Å². The van der Waals surface area contributed by atoms with Crippen LogP contribution in [0.25, 0.3) is 27.8 Å². The van der Waals surface area contributed by atoms with E-state index in [-0.39, 0.29) is 0 Å². The van der Waals surface area contributed by atoms with Gasteiger partial charge in [0.1, 0.15) is 24.5 Å². The van der Waals surface area contributed by atoms with Crippen LogP contribution in [0, 0.1) is 0 Å². The van der Waals surface area contributed by atoms with Gasteiger partial charge in [0, 0.05) is 31.1 Å². The lowest BCUT2D eigenvalue weighted by Crippen LogP contribution is -2.42. The number of likely N-dealkylation sites (N-methyl/N-ethyl adjacent to an activating group) is 1. The van der Waals surface area contributed by atoms with Crippen LogP contribution in [-0.2, 0) is 0 Å². The second kappa shape index (κ2) is 8.65. The number of ether oxygens (including phenoxy) is 1. The maximum Gasteiger partial charge on any atom is 0.139 e. The van der Waals surface area contributed by atoms with Crippen LogP contribution in [0.15, 0.2) is 54.9 Å². The number of imidazole rings is 1. The lowest BCUT2D eigenvalue weighted by Gasteiger charge is -2.37. The molecule has 1 aliphatic heterocycles. The lowest BCUT2D eigenvalue weighted by atomic mass is 9.93. The molecule has 1 N–H and O–H groups in total. The smallest absolute Gasteiger partial charge is 0.139 e. The molecule has 172 valence electrons. The average Bonchev–Trinajstić information content (AvgIpc) is 3.21. The van der Waals surface area contributed by atoms with Crippen molar-refractivity contribution in [3.8, 4) is 11.6 Å². The molecule has 5 rings (SSSR count). The van der Waals surface area contributed by atoms with E-state index in [1.54, 1.807) is 0 Å². The molecule has 1 saturated heterocycles. The van der Waals surface area contributed by atoms with E-state index in [1.165, 1.54) is 0 Å². The molecule has 0 atom stereocenters. The van der Waals surface area contributed by atoms with Crippen LogP contribution in [0.2, 0.25) is 0 Å². The Morgan fingerprint density at radius 3 is 2.70 bits per heavy atom. The Morgan fingerprint density at radius 2 is 1.91 bits per heavy atom. The number of fused-ring (bicyclic) bond motifs is 2. The quantitative estimate of drug-likeness (QED) is 0.486. The summed E-state index contributed by atoms with van der Waals surface area (Å²) in [6.45, 7) is 5.07. The number of hydrogen-bond donors (Lipinski definition) is 1. The fourth-order valence-electron chi connectivity index (χ4n) is 4.35. The summed E-state index contributed by atoms with van der Waals surface area (Å²) in [6, 6.07) is 16.5. The lowest BCUT2D eigenvalue weighted by molar-refractivity contribution is 0.0352. The van der Waals surface area contributed by atoms with Crippen LogP contribution in [0.1, 0.15) is 19.8 Å². The second-order valence-electron chi connectivity index (χ2n) is 9.42. The van der Waals surface area contributed by atoms with Crippen molar-refractivity contribution >= 4 is 27.6 Å². The summed E-state index contributed by atoms with van der Waals surface area (Å²) in [5, 5.41) is 11.5. The number of anilines is 1. The van der Waals surface area contributed by atoms with E-state index < -0.39 is 5.60 Å². The molecule has 0 aliphatic carbocycles. The fraction of sp³-hybridized carbons (Fsp3) is 0.385. The van der Waals surface area contributed by atoms with E-state index in [9.17, 15) is 5.11 Å². The summed E-state index contributed by atoms with van der Waals surface area (Å²) in [5.74, 6) is 1.66. The number of rotatable bonds is 6.